The number of amides is 1. The van der Waals surface area contributed by atoms with Gasteiger partial charge in [-0.1, -0.05) is 48.5 Å². The number of aromatic nitrogens is 2. The zero-order chi connectivity index (χ0) is 15.4. The van der Waals surface area contributed by atoms with E-state index >= 15 is 0 Å². The van der Waals surface area contributed by atoms with Gasteiger partial charge < -0.3 is 9.47 Å². The average molecular weight is 291 g/mol. The van der Waals surface area contributed by atoms with E-state index in [9.17, 15) is 4.79 Å². The smallest absolute Gasteiger partial charge is 0.255 e. The average Bonchev–Trinajstić information content (AvgIpc) is 3.10. The van der Waals surface area contributed by atoms with Crippen LogP contribution in [0, 0.1) is 0 Å². The maximum Gasteiger partial charge on any atom is 0.255 e. The van der Waals surface area contributed by atoms with Gasteiger partial charge in [0.2, 0.25) is 0 Å². The summed E-state index contributed by atoms with van der Waals surface area (Å²) in [5.41, 5.74) is 1.71. The Labute approximate surface area is 129 Å². The van der Waals surface area contributed by atoms with Crippen LogP contribution >= 0.6 is 0 Å². The maximum absolute atomic E-state index is 12.7. The van der Waals surface area contributed by atoms with Crippen LogP contribution < -0.4 is 0 Å². The van der Waals surface area contributed by atoms with Crippen molar-refractivity contribution in [2.24, 2.45) is 0 Å². The van der Waals surface area contributed by atoms with Crippen molar-refractivity contribution in [2.75, 3.05) is 7.05 Å². The summed E-state index contributed by atoms with van der Waals surface area (Å²) in [5.74, 6) is -0.0249. The molecule has 1 unspecified atom stereocenters. The fourth-order valence-corrected chi connectivity index (χ4v) is 2.53. The van der Waals surface area contributed by atoms with Crippen LogP contribution in [0.2, 0.25) is 0 Å². The summed E-state index contributed by atoms with van der Waals surface area (Å²) in [4.78, 5) is 18.6. The molecule has 22 heavy (non-hydrogen) atoms. The largest absolute Gasteiger partial charge is 0.317 e. The molecule has 0 aliphatic heterocycles. The van der Waals surface area contributed by atoms with Crippen LogP contribution in [0.5, 0.6) is 0 Å². The first kappa shape index (κ1) is 14.1. The topological polar surface area (TPSA) is 38.1 Å². The molecule has 0 saturated carbocycles. The Morgan fingerprint density at radius 2 is 1.68 bits per heavy atom. The first-order chi connectivity index (χ1) is 10.8. The Balaban J connectivity index is 1.98. The second-order valence-electron chi connectivity index (χ2n) is 5.08. The monoisotopic (exact) mass is 291 g/mol. The lowest BCUT2D eigenvalue weighted by atomic mass is 10.1. The number of rotatable bonds is 4. The second kappa shape index (κ2) is 6.26. The van der Waals surface area contributed by atoms with Gasteiger partial charge >= 0.3 is 0 Å². The lowest BCUT2D eigenvalue weighted by Crippen LogP contribution is -2.35. The summed E-state index contributed by atoms with van der Waals surface area (Å²) in [6, 6.07) is 19.2. The SMILES string of the molecule is CN(C(=O)c1ccccc1)C(c1ccccc1)n1ccnc1. The van der Waals surface area contributed by atoms with Crippen molar-refractivity contribution >= 4 is 5.91 Å². The Bertz CT molecular complexity index is 724. The van der Waals surface area contributed by atoms with E-state index in [0.717, 1.165) is 5.56 Å². The van der Waals surface area contributed by atoms with Crippen LogP contribution in [0.3, 0.4) is 0 Å². The fraction of sp³-hybridized carbons (Fsp3) is 0.111. The third kappa shape index (κ3) is 2.76. The number of imidazole rings is 1. The molecule has 0 saturated heterocycles. The number of benzene rings is 2. The standard InChI is InChI=1S/C18H17N3O/c1-20(18(22)16-10-6-3-7-11-16)17(21-13-12-19-14-21)15-8-4-2-5-9-15/h2-14,17H,1H3. The summed E-state index contributed by atoms with van der Waals surface area (Å²) >= 11 is 0. The Morgan fingerprint density at radius 3 is 2.27 bits per heavy atom. The van der Waals surface area contributed by atoms with Gasteiger partial charge in [-0.05, 0) is 17.7 Å². The third-order valence-corrected chi connectivity index (χ3v) is 3.61. The molecule has 1 atom stereocenters. The highest BCUT2D eigenvalue weighted by atomic mass is 16.2. The van der Waals surface area contributed by atoms with Gasteiger partial charge in [0.15, 0.2) is 0 Å². The molecular weight excluding hydrogens is 274 g/mol. The highest BCUT2D eigenvalue weighted by Crippen LogP contribution is 2.23. The third-order valence-electron chi connectivity index (χ3n) is 3.61. The molecule has 4 nitrogen and oxygen atoms in total. The van der Waals surface area contributed by atoms with Crippen molar-refractivity contribution in [2.45, 2.75) is 6.17 Å². The highest BCUT2D eigenvalue weighted by molar-refractivity contribution is 5.94. The predicted octanol–water partition coefficient (Wildman–Crippen LogP) is 3.20. The number of carbonyl (C=O) groups is 1. The molecule has 2 aromatic carbocycles. The van der Waals surface area contributed by atoms with E-state index in [1.54, 1.807) is 17.4 Å². The molecule has 0 spiro atoms. The van der Waals surface area contributed by atoms with E-state index in [4.69, 9.17) is 0 Å². The van der Waals surface area contributed by atoms with E-state index in [1.807, 2.05) is 78.5 Å². The van der Waals surface area contributed by atoms with Crippen LogP contribution in [0.1, 0.15) is 22.1 Å². The Hall–Kier alpha value is -2.88. The zero-order valence-corrected chi connectivity index (χ0v) is 12.3. The van der Waals surface area contributed by atoms with Crippen molar-refractivity contribution in [1.29, 1.82) is 0 Å². The molecule has 3 aromatic rings. The number of hydrogen-bond acceptors (Lipinski definition) is 2. The maximum atomic E-state index is 12.7. The van der Waals surface area contributed by atoms with Gasteiger partial charge in [0.05, 0.1) is 6.33 Å². The van der Waals surface area contributed by atoms with Gasteiger partial charge in [-0.3, -0.25) is 4.79 Å². The van der Waals surface area contributed by atoms with Gasteiger partial charge in [-0.15, -0.1) is 0 Å². The minimum Gasteiger partial charge on any atom is -0.317 e. The molecule has 1 amide bonds. The van der Waals surface area contributed by atoms with Crippen molar-refractivity contribution in [3.8, 4) is 0 Å². The van der Waals surface area contributed by atoms with E-state index in [2.05, 4.69) is 4.98 Å². The second-order valence-corrected chi connectivity index (χ2v) is 5.08. The van der Waals surface area contributed by atoms with Crippen LogP contribution in [-0.4, -0.2) is 27.4 Å². The van der Waals surface area contributed by atoms with Gasteiger partial charge in [-0.25, -0.2) is 4.98 Å². The number of hydrogen-bond donors (Lipinski definition) is 0. The van der Waals surface area contributed by atoms with Crippen molar-refractivity contribution in [3.05, 3.63) is 90.5 Å². The molecule has 3 rings (SSSR count). The van der Waals surface area contributed by atoms with Crippen molar-refractivity contribution in [3.63, 3.8) is 0 Å². The number of nitrogens with zero attached hydrogens (tertiary/aromatic N) is 3. The number of carbonyl (C=O) groups excluding carboxylic acids is 1. The molecule has 0 N–H and O–H groups in total. The lowest BCUT2D eigenvalue weighted by Gasteiger charge is -2.29. The molecule has 0 fully saturated rings. The van der Waals surface area contributed by atoms with E-state index in [1.165, 1.54) is 0 Å². The summed E-state index contributed by atoms with van der Waals surface area (Å²) in [6.07, 6.45) is 5.09. The van der Waals surface area contributed by atoms with Crippen LogP contribution in [-0.2, 0) is 0 Å². The fourth-order valence-electron chi connectivity index (χ4n) is 2.53. The van der Waals surface area contributed by atoms with Gasteiger partial charge in [0.1, 0.15) is 6.17 Å². The lowest BCUT2D eigenvalue weighted by molar-refractivity contribution is 0.0704. The van der Waals surface area contributed by atoms with Crippen molar-refractivity contribution < 1.29 is 4.79 Å². The predicted molar refractivity (Wildman–Crippen MR) is 85.3 cm³/mol. The molecule has 1 aromatic heterocycles. The van der Waals surface area contributed by atoms with E-state index in [0.29, 0.717) is 5.56 Å². The molecular formula is C18H17N3O. The summed E-state index contributed by atoms with van der Waals surface area (Å²) in [6.45, 7) is 0. The Morgan fingerprint density at radius 1 is 1.05 bits per heavy atom. The van der Waals surface area contributed by atoms with E-state index < -0.39 is 0 Å². The van der Waals surface area contributed by atoms with Gasteiger partial charge in [0.25, 0.3) is 5.91 Å². The molecule has 1 heterocycles. The Kier molecular flexibility index (Phi) is 4.01. The van der Waals surface area contributed by atoms with Crippen LogP contribution in [0.15, 0.2) is 79.4 Å². The summed E-state index contributed by atoms with van der Waals surface area (Å²) in [5, 5.41) is 0. The molecule has 0 radical (unpaired) electrons. The van der Waals surface area contributed by atoms with E-state index in [-0.39, 0.29) is 12.1 Å². The first-order valence-electron chi connectivity index (χ1n) is 7.12. The normalized spacial score (nSPS) is 11.9. The van der Waals surface area contributed by atoms with Crippen LogP contribution in [0.4, 0.5) is 0 Å². The zero-order valence-electron chi connectivity index (χ0n) is 12.3. The molecule has 4 heteroatoms. The highest BCUT2D eigenvalue weighted by Gasteiger charge is 2.23. The molecule has 0 bridgehead atoms. The van der Waals surface area contributed by atoms with Crippen LogP contribution in [0.25, 0.3) is 0 Å². The molecule has 0 aliphatic rings. The van der Waals surface area contributed by atoms with Crippen molar-refractivity contribution in [1.82, 2.24) is 14.5 Å². The minimum atomic E-state index is -0.226. The van der Waals surface area contributed by atoms with Gasteiger partial charge in [-0.2, -0.15) is 0 Å². The molecule has 0 aliphatic carbocycles. The van der Waals surface area contributed by atoms with Gasteiger partial charge in [0, 0.05) is 25.0 Å². The minimum absolute atomic E-state index is 0.0249. The summed E-state index contributed by atoms with van der Waals surface area (Å²) in [7, 11) is 1.81. The summed E-state index contributed by atoms with van der Waals surface area (Å²) < 4.78 is 1.93. The first-order valence-corrected chi connectivity index (χ1v) is 7.12. The quantitative estimate of drug-likeness (QED) is 0.740. The molecule has 110 valence electrons.